The summed E-state index contributed by atoms with van der Waals surface area (Å²) in [6, 6.07) is 2.59. The van der Waals surface area contributed by atoms with Crippen LogP contribution in [-0.2, 0) is 9.05 Å². The average molecular weight is 291 g/mol. The number of anilines is 1. The van der Waals surface area contributed by atoms with E-state index in [4.69, 9.17) is 16.4 Å². The standard InChI is InChI=1S/C9H7ClN2O3S2/c1-4(13)9-12-8-6(11)2-5(17(10,14)15)3-7(8)16-9/h2-3H,11H2,1H3. The second kappa shape index (κ2) is 3.94. The molecule has 1 aromatic heterocycles. The van der Waals surface area contributed by atoms with Crippen LogP contribution in [-0.4, -0.2) is 19.2 Å². The quantitative estimate of drug-likeness (QED) is 0.519. The molecule has 0 saturated carbocycles. The van der Waals surface area contributed by atoms with Gasteiger partial charge in [0.2, 0.25) is 0 Å². The van der Waals surface area contributed by atoms with Gasteiger partial charge in [-0.15, -0.1) is 11.3 Å². The van der Waals surface area contributed by atoms with Gasteiger partial charge in [-0.3, -0.25) is 4.79 Å². The highest BCUT2D eigenvalue weighted by Crippen LogP contribution is 2.31. The van der Waals surface area contributed by atoms with Crippen LogP contribution < -0.4 is 5.73 Å². The van der Waals surface area contributed by atoms with Gasteiger partial charge in [-0.1, -0.05) is 0 Å². The van der Waals surface area contributed by atoms with Crippen molar-refractivity contribution in [2.75, 3.05) is 5.73 Å². The largest absolute Gasteiger partial charge is 0.397 e. The molecule has 1 aromatic carbocycles. The zero-order chi connectivity index (χ0) is 12.8. The Morgan fingerprint density at radius 1 is 1.47 bits per heavy atom. The zero-order valence-electron chi connectivity index (χ0n) is 8.60. The third-order valence-corrected chi connectivity index (χ3v) is 4.52. The third kappa shape index (κ3) is 2.26. The Morgan fingerprint density at radius 2 is 2.12 bits per heavy atom. The number of benzene rings is 1. The van der Waals surface area contributed by atoms with Crippen molar-refractivity contribution in [2.45, 2.75) is 11.8 Å². The molecule has 0 atom stereocenters. The summed E-state index contributed by atoms with van der Waals surface area (Å²) in [5.74, 6) is -0.194. The van der Waals surface area contributed by atoms with Gasteiger partial charge in [0, 0.05) is 17.6 Å². The lowest BCUT2D eigenvalue weighted by atomic mass is 10.3. The Bertz CT molecular complexity index is 721. The van der Waals surface area contributed by atoms with Gasteiger partial charge in [0.05, 0.1) is 15.3 Å². The minimum atomic E-state index is -3.84. The fraction of sp³-hybridized carbons (Fsp3) is 0.111. The number of nitrogens with zero attached hydrogens (tertiary/aromatic N) is 1. The molecular formula is C9H7ClN2O3S2. The van der Waals surface area contributed by atoms with Crippen LogP contribution in [0.2, 0.25) is 0 Å². The molecule has 0 aliphatic heterocycles. The van der Waals surface area contributed by atoms with Crippen molar-refractivity contribution >= 4 is 52.8 Å². The molecule has 0 aliphatic carbocycles. The number of Topliss-reactive ketones (excluding diaryl/α,β-unsaturated/α-hetero) is 1. The van der Waals surface area contributed by atoms with Crippen LogP contribution >= 0.6 is 22.0 Å². The molecule has 0 fully saturated rings. The first-order chi connectivity index (χ1) is 7.79. The number of thiazole rings is 1. The first kappa shape index (κ1) is 12.3. The molecule has 0 unspecified atom stereocenters. The van der Waals surface area contributed by atoms with E-state index in [9.17, 15) is 13.2 Å². The molecular weight excluding hydrogens is 284 g/mol. The second-order valence-corrected chi connectivity index (χ2v) is 6.97. The van der Waals surface area contributed by atoms with Crippen molar-refractivity contribution in [2.24, 2.45) is 0 Å². The van der Waals surface area contributed by atoms with Gasteiger partial charge in [-0.2, -0.15) is 0 Å². The molecule has 0 amide bonds. The lowest BCUT2D eigenvalue weighted by Crippen LogP contribution is -1.94. The SMILES string of the molecule is CC(=O)c1nc2c(N)cc(S(=O)(=O)Cl)cc2s1. The van der Waals surface area contributed by atoms with E-state index >= 15 is 0 Å². The lowest BCUT2D eigenvalue weighted by Gasteiger charge is -1.98. The molecule has 0 spiro atoms. The Kier molecular flexibility index (Phi) is 2.84. The van der Waals surface area contributed by atoms with Crippen LogP contribution in [0.4, 0.5) is 5.69 Å². The summed E-state index contributed by atoms with van der Waals surface area (Å²) in [5.41, 5.74) is 6.28. The second-order valence-electron chi connectivity index (χ2n) is 3.37. The van der Waals surface area contributed by atoms with Gasteiger partial charge < -0.3 is 5.73 Å². The molecule has 0 radical (unpaired) electrons. The Morgan fingerprint density at radius 3 is 2.65 bits per heavy atom. The van der Waals surface area contributed by atoms with Crippen molar-refractivity contribution in [1.82, 2.24) is 4.98 Å². The van der Waals surface area contributed by atoms with Gasteiger partial charge in [0.25, 0.3) is 9.05 Å². The maximum absolute atomic E-state index is 11.2. The van der Waals surface area contributed by atoms with Gasteiger partial charge in [-0.25, -0.2) is 13.4 Å². The van der Waals surface area contributed by atoms with Crippen LogP contribution in [0.5, 0.6) is 0 Å². The Balaban J connectivity index is 2.78. The van der Waals surface area contributed by atoms with Crippen LogP contribution in [0.15, 0.2) is 17.0 Å². The zero-order valence-corrected chi connectivity index (χ0v) is 11.0. The van der Waals surface area contributed by atoms with Crippen LogP contribution in [0.25, 0.3) is 10.2 Å². The molecule has 17 heavy (non-hydrogen) atoms. The molecule has 2 N–H and O–H groups in total. The summed E-state index contributed by atoms with van der Waals surface area (Å²) >= 11 is 1.09. The average Bonchev–Trinajstić information content (AvgIpc) is 2.60. The van der Waals surface area contributed by atoms with E-state index in [0.29, 0.717) is 10.2 Å². The number of carbonyl (C=O) groups excluding carboxylic acids is 1. The first-order valence-corrected chi connectivity index (χ1v) is 7.57. The maximum atomic E-state index is 11.2. The van der Waals surface area contributed by atoms with E-state index < -0.39 is 9.05 Å². The summed E-state index contributed by atoms with van der Waals surface area (Å²) < 4.78 is 22.9. The van der Waals surface area contributed by atoms with Crippen LogP contribution in [0, 0.1) is 0 Å². The van der Waals surface area contributed by atoms with E-state index in [2.05, 4.69) is 4.98 Å². The molecule has 90 valence electrons. The third-order valence-electron chi connectivity index (χ3n) is 2.08. The van der Waals surface area contributed by atoms with Gasteiger partial charge in [0.1, 0.15) is 5.52 Å². The Labute approximate surface area is 106 Å². The van der Waals surface area contributed by atoms with Gasteiger partial charge in [-0.05, 0) is 12.1 Å². The number of halogens is 1. The van der Waals surface area contributed by atoms with E-state index in [1.165, 1.54) is 19.1 Å². The highest BCUT2D eigenvalue weighted by Gasteiger charge is 2.16. The number of nitrogens with two attached hydrogens (primary N) is 1. The summed E-state index contributed by atoms with van der Waals surface area (Å²) in [6.45, 7) is 1.38. The fourth-order valence-electron chi connectivity index (χ4n) is 1.32. The summed E-state index contributed by atoms with van der Waals surface area (Å²) in [5, 5.41) is 0.288. The fourth-order valence-corrected chi connectivity index (χ4v) is 3.12. The van der Waals surface area contributed by atoms with Crippen molar-refractivity contribution in [3.05, 3.63) is 17.1 Å². The number of nitrogen functional groups attached to an aromatic ring is 1. The minimum absolute atomic E-state index is 0.0945. The van der Waals surface area contributed by atoms with Crippen molar-refractivity contribution in [3.63, 3.8) is 0 Å². The van der Waals surface area contributed by atoms with Crippen molar-refractivity contribution < 1.29 is 13.2 Å². The van der Waals surface area contributed by atoms with E-state index in [1.807, 2.05) is 0 Å². The van der Waals surface area contributed by atoms with E-state index in [1.54, 1.807) is 0 Å². The summed E-state index contributed by atoms with van der Waals surface area (Å²) in [4.78, 5) is 15.1. The molecule has 1 heterocycles. The number of fused-ring (bicyclic) bond motifs is 1. The molecule has 2 aromatic rings. The molecule has 0 saturated heterocycles. The maximum Gasteiger partial charge on any atom is 0.261 e. The number of aromatic nitrogens is 1. The number of ketones is 1. The minimum Gasteiger partial charge on any atom is -0.397 e. The molecule has 0 bridgehead atoms. The molecule has 2 rings (SSSR count). The lowest BCUT2D eigenvalue weighted by molar-refractivity contribution is 0.101. The topological polar surface area (TPSA) is 90.1 Å². The smallest absolute Gasteiger partial charge is 0.261 e. The Hall–Kier alpha value is -1.18. The van der Waals surface area contributed by atoms with Crippen LogP contribution in [0.3, 0.4) is 0 Å². The van der Waals surface area contributed by atoms with E-state index in [-0.39, 0.29) is 21.4 Å². The highest BCUT2D eigenvalue weighted by atomic mass is 35.7. The highest BCUT2D eigenvalue weighted by molar-refractivity contribution is 8.13. The predicted molar refractivity (Wildman–Crippen MR) is 67.1 cm³/mol. The molecule has 8 heteroatoms. The van der Waals surface area contributed by atoms with Crippen LogP contribution in [0.1, 0.15) is 16.7 Å². The first-order valence-electron chi connectivity index (χ1n) is 4.44. The molecule has 0 aliphatic rings. The van der Waals surface area contributed by atoms with Crippen molar-refractivity contribution in [1.29, 1.82) is 0 Å². The number of hydrogen-bond donors (Lipinski definition) is 1. The predicted octanol–water partition coefficient (Wildman–Crippen LogP) is 2.01. The van der Waals surface area contributed by atoms with Gasteiger partial charge in [0.15, 0.2) is 10.8 Å². The number of hydrogen-bond acceptors (Lipinski definition) is 6. The number of carbonyl (C=O) groups is 1. The monoisotopic (exact) mass is 290 g/mol. The summed E-state index contributed by atoms with van der Waals surface area (Å²) in [6.07, 6.45) is 0. The van der Waals surface area contributed by atoms with E-state index in [0.717, 1.165) is 11.3 Å². The number of rotatable bonds is 2. The van der Waals surface area contributed by atoms with Gasteiger partial charge >= 0.3 is 0 Å². The molecule has 5 nitrogen and oxygen atoms in total. The normalized spacial score (nSPS) is 11.9. The summed E-state index contributed by atoms with van der Waals surface area (Å²) in [7, 11) is 1.39. The van der Waals surface area contributed by atoms with Crippen molar-refractivity contribution in [3.8, 4) is 0 Å².